The molecule has 1 saturated carbocycles. The number of rotatable bonds is 4. The van der Waals surface area contributed by atoms with Crippen molar-refractivity contribution < 1.29 is 9.53 Å². The molecule has 1 amide bonds. The Morgan fingerprint density at radius 2 is 2.16 bits per heavy atom. The molecule has 3 N–H and O–H groups in total. The van der Waals surface area contributed by atoms with Gasteiger partial charge in [0.25, 0.3) is 0 Å². The van der Waals surface area contributed by atoms with Gasteiger partial charge in [0.2, 0.25) is 5.91 Å². The van der Waals surface area contributed by atoms with E-state index in [0.29, 0.717) is 0 Å². The highest BCUT2D eigenvalue weighted by Crippen LogP contribution is 2.27. The smallest absolute Gasteiger partial charge is 0.223 e. The molecular weight excluding hydrogens is 240 g/mol. The van der Waals surface area contributed by atoms with Gasteiger partial charge in [-0.05, 0) is 32.3 Å². The summed E-state index contributed by atoms with van der Waals surface area (Å²) < 4.78 is 5.32. The molecule has 0 aliphatic heterocycles. The van der Waals surface area contributed by atoms with Crippen molar-refractivity contribution in [3.05, 3.63) is 29.8 Å². The first-order valence-corrected chi connectivity index (χ1v) is 6.80. The normalized spacial score (nSPS) is 23.9. The van der Waals surface area contributed by atoms with Gasteiger partial charge in [0, 0.05) is 17.5 Å². The van der Waals surface area contributed by atoms with Gasteiger partial charge < -0.3 is 15.8 Å². The van der Waals surface area contributed by atoms with Crippen LogP contribution in [0.3, 0.4) is 0 Å². The van der Waals surface area contributed by atoms with Crippen molar-refractivity contribution in [1.29, 1.82) is 0 Å². The van der Waals surface area contributed by atoms with E-state index >= 15 is 0 Å². The van der Waals surface area contributed by atoms with E-state index in [-0.39, 0.29) is 23.9 Å². The maximum Gasteiger partial charge on any atom is 0.223 e. The van der Waals surface area contributed by atoms with Crippen LogP contribution in [0, 0.1) is 5.92 Å². The SMILES string of the molecule is COc1ccccc1[C@H](C)NC(=O)C1CCC(N)C1. The lowest BCUT2D eigenvalue weighted by molar-refractivity contribution is -0.125. The molecule has 1 aliphatic carbocycles. The fourth-order valence-electron chi connectivity index (χ4n) is 2.69. The van der Waals surface area contributed by atoms with Crippen LogP contribution < -0.4 is 15.8 Å². The number of hydrogen-bond acceptors (Lipinski definition) is 3. The Balaban J connectivity index is 2.00. The van der Waals surface area contributed by atoms with Gasteiger partial charge in [-0.15, -0.1) is 0 Å². The molecule has 0 saturated heterocycles. The molecule has 2 rings (SSSR count). The second-order valence-electron chi connectivity index (χ2n) is 5.24. The summed E-state index contributed by atoms with van der Waals surface area (Å²) in [5.74, 6) is 0.969. The van der Waals surface area contributed by atoms with Gasteiger partial charge in [0.05, 0.1) is 13.2 Å². The minimum atomic E-state index is -0.0551. The Labute approximate surface area is 114 Å². The molecule has 0 heterocycles. The number of methoxy groups -OCH3 is 1. The van der Waals surface area contributed by atoms with Crippen LogP contribution in [0.1, 0.15) is 37.8 Å². The van der Waals surface area contributed by atoms with Gasteiger partial charge in [0.15, 0.2) is 0 Å². The number of para-hydroxylation sites is 1. The van der Waals surface area contributed by atoms with Gasteiger partial charge in [-0.25, -0.2) is 0 Å². The van der Waals surface area contributed by atoms with Gasteiger partial charge in [-0.1, -0.05) is 18.2 Å². The zero-order valence-electron chi connectivity index (χ0n) is 11.6. The molecule has 1 aromatic carbocycles. The van der Waals surface area contributed by atoms with Crippen LogP contribution >= 0.6 is 0 Å². The van der Waals surface area contributed by atoms with Crippen molar-refractivity contribution in [2.45, 2.75) is 38.3 Å². The summed E-state index contributed by atoms with van der Waals surface area (Å²) in [6, 6.07) is 7.88. The highest BCUT2D eigenvalue weighted by molar-refractivity contribution is 5.79. The largest absolute Gasteiger partial charge is 0.496 e. The Hall–Kier alpha value is -1.55. The monoisotopic (exact) mass is 262 g/mol. The van der Waals surface area contributed by atoms with Crippen molar-refractivity contribution >= 4 is 5.91 Å². The van der Waals surface area contributed by atoms with Crippen LogP contribution in [0.4, 0.5) is 0 Å². The van der Waals surface area contributed by atoms with Gasteiger partial charge in [0.1, 0.15) is 5.75 Å². The predicted octanol–water partition coefficient (Wildman–Crippen LogP) is 2.00. The maximum atomic E-state index is 12.2. The Kier molecular flexibility index (Phi) is 4.43. The molecule has 0 spiro atoms. The maximum absolute atomic E-state index is 12.2. The molecule has 4 nitrogen and oxygen atoms in total. The Bertz CT molecular complexity index is 448. The third-order valence-electron chi connectivity index (χ3n) is 3.81. The van der Waals surface area contributed by atoms with Gasteiger partial charge >= 0.3 is 0 Å². The predicted molar refractivity (Wildman–Crippen MR) is 74.9 cm³/mol. The summed E-state index contributed by atoms with van der Waals surface area (Å²) in [6.07, 6.45) is 2.64. The van der Waals surface area contributed by atoms with E-state index in [4.69, 9.17) is 10.5 Å². The standard InChI is InChI=1S/C15H22N2O2/c1-10(13-5-3-4-6-14(13)19-2)17-15(18)11-7-8-12(16)9-11/h3-6,10-12H,7-9,16H2,1-2H3,(H,17,18)/t10-,11?,12?/m0/s1. The molecule has 1 fully saturated rings. The molecule has 0 bridgehead atoms. The lowest BCUT2D eigenvalue weighted by atomic mass is 10.0. The average Bonchev–Trinajstić information content (AvgIpc) is 2.85. The number of nitrogens with two attached hydrogens (primary N) is 1. The van der Waals surface area contributed by atoms with Gasteiger partial charge in [-0.2, -0.15) is 0 Å². The molecule has 0 aromatic heterocycles. The topological polar surface area (TPSA) is 64.3 Å². The molecule has 19 heavy (non-hydrogen) atoms. The molecule has 4 heteroatoms. The fourth-order valence-corrected chi connectivity index (χ4v) is 2.69. The minimum Gasteiger partial charge on any atom is -0.496 e. The number of benzene rings is 1. The second kappa shape index (κ2) is 6.06. The third kappa shape index (κ3) is 3.26. The van der Waals surface area contributed by atoms with Crippen molar-refractivity contribution in [3.63, 3.8) is 0 Å². The number of carbonyl (C=O) groups excluding carboxylic acids is 1. The Morgan fingerprint density at radius 3 is 2.79 bits per heavy atom. The summed E-state index contributed by atoms with van der Waals surface area (Å²) in [5, 5.41) is 3.06. The zero-order chi connectivity index (χ0) is 13.8. The van der Waals surface area contributed by atoms with Crippen LogP contribution in [-0.4, -0.2) is 19.1 Å². The van der Waals surface area contributed by atoms with E-state index < -0.39 is 0 Å². The number of amides is 1. The van der Waals surface area contributed by atoms with E-state index in [1.165, 1.54) is 0 Å². The van der Waals surface area contributed by atoms with E-state index in [9.17, 15) is 4.79 Å². The van der Waals surface area contributed by atoms with Crippen LogP contribution in [0.25, 0.3) is 0 Å². The average molecular weight is 262 g/mol. The molecule has 104 valence electrons. The van der Waals surface area contributed by atoms with E-state index in [0.717, 1.165) is 30.6 Å². The minimum absolute atomic E-state index is 0.0551. The zero-order valence-corrected chi connectivity index (χ0v) is 11.6. The van der Waals surface area contributed by atoms with Crippen LogP contribution in [0.2, 0.25) is 0 Å². The summed E-state index contributed by atoms with van der Waals surface area (Å²) >= 11 is 0. The van der Waals surface area contributed by atoms with Crippen LogP contribution in [0.5, 0.6) is 5.75 Å². The fraction of sp³-hybridized carbons (Fsp3) is 0.533. The first kappa shape index (κ1) is 13.9. The van der Waals surface area contributed by atoms with E-state index in [1.807, 2.05) is 31.2 Å². The quantitative estimate of drug-likeness (QED) is 0.872. The first-order valence-electron chi connectivity index (χ1n) is 6.80. The molecule has 0 radical (unpaired) electrons. The lowest BCUT2D eigenvalue weighted by Gasteiger charge is -2.19. The highest BCUT2D eigenvalue weighted by atomic mass is 16.5. The van der Waals surface area contributed by atoms with Gasteiger partial charge in [-0.3, -0.25) is 4.79 Å². The molecule has 1 aliphatic rings. The molecule has 3 atom stereocenters. The molecule has 2 unspecified atom stereocenters. The van der Waals surface area contributed by atoms with E-state index in [2.05, 4.69) is 5.32 Å². The lowest BCUT2D eigenvalue weighted by Crippen LogP contribution is -2.32. The number of hydrogen-bond donors (Lipinski definition) is 2. The third-order valence-corrected chi connectivity index (χ3v) is 3.81. The summed E-state index contributed by atoms with van der Waals surface area (Å²) in [5.41, 5.74) is 6.85. The van der Waals surface area contributed by atoms with Crippen molar-refractivity contribution in [2.75, 3.05) is 7.11 Å². The highest BCUT2D eigenvalue weighted by Gasteiger charge is 2.28. The summed E-state index contributed by atoms with van der Waals surface area (Å²) in [7, 11) is 1.64. The summed E-state index contributed by atoms with van der Waals surface area (Å²) in [6.45, 7) is 1.98. The number of nitrogens with one attached hydrogen (secondary N) is 1. The second-order valence-corrected chi connectivity index (χ2v) is 5.24. The van der Waals surface area contributed by atoms with Crippen LogP contribution in [0.15, 0.2) is 24.3 Å². The number of ether oxygens (including phenoxy) is 1. The van der Waals surface area contributed by atoms with Crippen molar-refractivity contribution in [1.82, 2.24) is 5.32 Å². The number of carbonyl (C=O) groups is 1. The van der Waals surface area contributed by atoms with Crippen molar-refractivity contribution in [3.8, 4) is 5.75 Å². The summed E-state index contributed by atoms with van der Waals surface area (Å²) in [4.78, 5) is 12.2. The Morgan fingerprint density at radius 1 is 1.42 bits per heavy atom. The van der Waals surface area contributed by atoms with E-state index in [1.54, 1.807) is 7.11 Å². The molecule has 1 aromatic rings. The molecular formula is C15H22N2O2. The van der Waals surface area contributed by atoms with Crippen LogP contribution in [-0.2, 0) is 4.79 Å². The van der Waals surface area contributed by atoms with Crippen molar-refractivity contribution in [2.24, 2.45) is 11.7 Å². The first-order chi connectivity index (χ1) is 9.11.